The SMILES string of the molecule is O=C(O)C1CCCCC1c1ccc(F)cc1. The second kappa shape index (κ2) is 4.64. The summed E-state index contributed by atoms with van der Waals surface area (Å²) < 4.78 is 12.8. The molecule has 0 aromatic heterocycles. The first kappa shape index (κ1) is 11.1. The fourth-order valence-corrected chi connectivity index (χ4v) is 2.54. The normalized spacial score (nSPS) is 25.3. The van der Waals surface area contributed by atoms with E-state index in [0.29, 0.717) is 0 Å². The maximum atomic E-state index is 12.8. The Bertz CT molecular complexity index is 372. The van der Waals surface area contributed by atoms with Gasteiger partial charge in [0.15, 0.2) is 0 Å². The monoisotopic (exact) mass is 222 g/mol. The topological polar surface area (TPSA) is 37.3 Å². The van der Waals surface area contributed by atoms with Crippen molar-refractivity contribution in [2.24, 2.45) is 5.92 Å². The lowest BCUT2D eigenvalue weighted by Gasteiger charge is -2.28. The highest BCUT2D eigenvalue weighted by molar-refractivity contribution is 5.71. The Hall–Kier alpha value is -1.38. The molecule has 1 aliphatic carbocycles. The molecule has 2 unspecified atom stereocenters. The molecule has 1 saturated carbocycles. The number of carbonyl (C=O) groups is 1. The lowest BCUT2D eigenvalue weighted by atomic mass is 9.75. The standard InChI is InChI=1S/C13H15FO2/c14-10-7-5-9(6-8-10)11-3-1-2-4-12(11)13(15)16/h5-8,11-12H,1-4H2,(H,15,16). The van der Waals surface area contributed by atoms with Crippen molar-refractivity contribution < 1.29 is 14.3 Å². The molecule has 1 aliphatic rings. The van der Waals surface area contributed by atoms with E-state index in [9.17, 15) is 9.18 Å². The quantitative estimate of drug-likeness (QED) is 0.834. The lowest BCUT2D eigenvalue weighted by molar-refractivity contribution is -0.143. The Morgan fingerprint density at radius 1 is 1.19 bits per heavy atom. The van der Waals surface area contributed by atoms with Crippen molar-refractivity contribution in [2.45, 2.75) is 31.6 Å². The van der Waals surface area contributed by atoms with Gasteiger partial charge in [-0.05, 0) is 36.5 Å². The minimum absolute atomic E-state index is 0.0480. The molecule has 0 heterocycles. The van der Waals surface area contributed by atoms with E-state index in [1.54, 1.807) is 12.1 Å². The van der Waals surface area contributed by atoms with Gasteiger partial charge in [0, 0.05) is 0 Å². The van der Waals surface area contributed by atoms with Gasteiger partial charge in [-0.3, -0.25) is 4.79 Å². The van der Waals surface area contributed by atoms with Gasteiger partial charge in [-0.15, -0.1) is 0 Å². The predicted octanol–water partition coefficient (Wildman–Crippen LogP) is 3.18. The summed E-state index contributed by atoms with van der Waals surface area (Å²) in [6.07, 6.45) is 3.67. The van der Waals surface area contributed by atoms with Crippen molar-refractivity contribution in [3.63, 3.8) is 0 Å². The van der Waals surface area contributed by atoms with Crippen LogP contribution in [0.1, 0.15) is 37.2 Å². The fourth-order valence-electron chi connectivity index (χ4n) is 2.54. The first-order chi connectivity index (χ1) is 7.68. The summed E-state index contributed by atoms with van der Waals surface area (Å²) in [6, 6.07) is 6.23. The van der Waals surface area contributed by atoms with E-state index in [4.69, 9.17) is 5.11 Å². The molecular formula is C13H15FO2. The molecule has 0 spiro atoms. The number of hydrogen-bond acceptors (Lipinski definition) is 1. The molecule has 0 aliphatic heterocycles. The molecule has 2 atom stereocenters. The van der Waals surface area contributed by atoms with Crippen molar-refractivity contribution in [3.05, 3.63) is 35.6 Å². The molecular weight excluding hydrogens is 207 g/mol. The summed E-state index contributed by atoms with van der Waals surface area (Å²) in [6.45, 7) is 0. The summed E-state index contributed by atoms with van der Waals surface area (Å²) in [7, 11) is 0. The third-order valence-corrected chi connectivity index (χ3v) is 3.38. The largest absolute Gasteiger partial charge is 0.481 e. The van der Waals surface area contributed by atoms with Gasteiger partial charge in [0.2, 0.25) is 0 Å². The van der Waals surface area contributed by atoms with Crippen molar-refractivity contribution >= 4 is 5.97 Å². The molecule has 0 saturated heterocycles. The van der Waals surface area contributed by atoms with Crippen LogP contribution in [0.25, 0.3) is 0 Å². The molecule has 0 radical (unpaired) electrons. The first-order valence-electron chi connectivity index (χ1n) is 5.67. The van der Waals surface area contributed by atoms with Gasteiger partial charge in [0.1, 0.15) is 5.82 Å². The van der Waals surface area contributed by atoms with Crippen LogP contribution >= 0.6 is 0 Å². The van der Waals surface area contributed by atoms with E-state index in [2.05, 4.69) is 0 Å². The first-order valence-corrected chi connectivity index (χ1v) is 5.67. The molecule has 1 N–H and O–H groups in total. The van der Waals surface area contributed by atoms with Gasteiger partial charge in [0.05, 0.1) is 5.92 Å². The zero-order valence-electron chi connectivity index (χ0n) is 9.03. The molecule has 3 heteroatoms. The van der Waals surface area contributed by atoms with Gasteiger partial charge >= 0.3 is 5.97 Å². The van der Waals surface area contributed by atoms with Crippen molar-refractivity contribution in [3.8, 4) is 0 Å². The van der Waals surface area contributed by atoms with Gasteiger partial charge in [-0.1, -0.05) is 25.0 Å². The van der Waals surface area contributed by atoms with Crippen molar-refractivity contribution in [2.75, 3.05) is 0 Å². The number of carboxylic acids is 1. The molecule has 16 heavy (non-hydrogen) atoms. The Morgan fingerprint density at radius 3 is 2.44 bits per heavy atom. The summed E-state index contributed by atoms with van der Waals surface area (Å²) in [5, 5.41) is 9.15. The summed E-state index contributed by atoms with van der Waals surface area (Å²) in [5.41, 5.74) is 0.952. The van der Waals surface area contributed by atoms with Crippen LogP contribution < -0.4 is 0 Å². The highest BCUT2D eigenvalue weighted by Gasteiger charge is 2.31. The van der Waals surface area contributed by atoms with Crippen LogP contribution in [-0.4, -0.2) is 11.1 Å². The summed E-state index contributed by atoms with van der Waals surface area (Å²) >= 11 is 0. The minimum atomic E-state index is -0.728. The molecule has 1 aromatic rings. The van der Waals surface area contributed by atoms with Crippen molar-refractivity contribution in [1.29, 1.82) is 0 Å². The number of halogens is 1. The van der Waals surface area contributed by atoms with E-state index < -0.39 is 5.97 Å². The van der Waals surface area contributed by atoms with Gasteiger partial charge < -0.3 is 5.11 Å². The van der Waals surface area contributed by atoms with Crippen LogP contribution in [0, 0.1) is 11.7 Å². The van der Waals surface area contributed by atoms with Crippen LogP contribution in [0.5, 0.6) is 0 Å². The minimum Gasteiger partial charge on any atom is -0.481 e. The molecule has 2 rings (SSSR count). The second-order valence-corrected chi connectivity index (χ2v) is 4.39. The summed E-state index contributed by atoms with van der Waals surface area (Å²) in [4.78, 5) is 11.1. The Kier molecular flexibility index (Phi) is 3.22. The fraction of sp³-hybridized carbons (Fsp3) is 0.462. The van der Waals surface area contributed by atoms with Gasteiger partial charge in [0.25, 0.3) is 0 Å². The predicted molar refractivity (Wildman–Crippen MR) is 58.7 cm³/mol. The lowest BCUT2D eigenvalue weighted by Crippen LogP contribution is -2.25. The van der Waals surface area contributed by atoms with Gasteiger partial charge in [-0.2, -0.15) is 0 Å². The smallest absolute Gasteiger partial charge is 0.307 e. The molecule has 1 aromatic carbocycles. The highest BCUT2D eigenvalue weighted by Crippen LogP contribution is 2.37. The van der Waals surface area contributed by atoms with Crippen LogP contribution in [-0.2, 0) is 4.79 Å². The Balaban J connectivity index is 2.23. The third-order valence-electron chi connectivity index (χ3n) is 3.38. The van der Waals surface area contributed by atoms with Crippen LogP contribution in [0.3, 0.4) is 0 Å². The van der Waals surface area contributed by atoms with E-state index in [0.717, 1.165) is 31.2 Å². The number of benzene rings is 1. The number of hydrogen-bond donors (Lipinski definition) is 1. The number of rotatable bonds is 2. The maximum absolute atomic E-state index is 12.8. The van der Waals surface area contributed by atoms with Gasteiger partial charge in [-0.25, -0.2) is 4.39 Å². The van der Waals surface area contributed by atoms with Crippen LogP contribution in [0.2, 0.25) is 0 Å². The zero-order chi connectivity index (χ0) is 11.5. The number of aliphatic carboxylic acids is 1. The second-order valence-electron chi connectivity index (χ2n) is 4.39. The summed E-state index contributed by atoms with van der Waals surface area (Å²) in [5.74, 6) is -1.26. The van der Waals surface area contributed by atoms with Crippen LogP contribution in [0.15, 0.2) is 24.3 Å². The van der Waals surface area contributed by atoms with Crippen molar-refractivity contribution in [1.82, 2.24) is 0 Å². The molecule has 86 valence electrons. The Labute approximate surface area is 94.1 Å². The van der Waals surface area contributed by atoms with E-state index >= 15 is 0 Å². The Morgan fingerprint density at radius 2 is 1.81 bits per heavy atom. The average molecular weight is 222 g/mol. The highest BCUT2D eigenvalue weighted by atomic mass is 19.1. The molecule has 0 bridgehead atoms. The molecule has 0 amide bonds. The average Bonchev–Trinajstić information content (AvgIpc) is 2.30. The maximum Gasteiger partial charge on any atom is 0.307 e. The zero-order valence-corrected chi connectivity index (χ0v) is 9.03. The number of carboxylic acid groups (broad SMARTS) is 1. The van der Waals surface area contributed by atoms with Crippen LogP contribution in [0.4, 0.5) is 4.39 Å². The third kappa shape index (κ3) is 2.23. The molecule has 1 fully saturated rings. The van der Waals surface area contributed by atoms with E-state index in [1.165, 1.54) is 12.1 Å². The van der Waals surface area contributed by atoms with E-state index in [1.807, 2.05) is 0 Å². The molecule has 2 nitrogen and oxygen atoms in total. The van der Waals surface area contributed by atoms with E-state index in [-0.39, 0.29) is 17.7 Å².